The Morgan fingerprint density at radius 2 is 2.00 bits per heavy atom. The molecule has 0 amide bonds. The van der Waals surface area contributed by atoms with E-state index in [9.17, 15) is 9.59 Å². The van der Waals surface area contributed by atoms with E-state index < -0.39 is 5.97 Å². The molecule has 0 aliphatic carbocycles. The number of benzene rings is 1. The van der Waals surface area contributed by atoms with Crippen molar-refractivity contribution in [1.82, 2.24) is 4.98 Å². The van der Waals surface area contributed by atoms with Gasteiger partial charge in [0, 0.05) is 16.5 Å². The highest BCUT2D eigenvalue weighted by Crippen LogP contribution is 2.13. The van der Waals surface area contributed by atoms with Crippen molar-refractivity contribution in [1.29, 1.82) is 0 Å². The lowest BCUT2D eigenvalue weighted by Gasteiger charge is -2.09. The molecule has 1 aromatic carbocycles. The van der Waals surface area contributed by atoms with Gasteiger partial charge in [0.2, 0.25) is 0 Å². The second-order valence-electron chi connectivity index (χ2n) is 4.32. The molecule has 0 atom stereocenters. The molecular formula is C15H17NO3. The van der Waals surface area contributed by atoms with Crippen molar-refractivity contribution in [2.75, 3.05) is 6.61 Å². The number of rotatable bonds is 4. The number of hydrogen-bond donors (Lipinski definition) is 1. The molecule has 2 aromatic rings. The van der Waals surface area contributed by atoms with E-state index in [1.54, 1.807) is 19.1 Å². The van der Waals surface area contributed by atoms with Crippen LogP contribution in [0.15, 0.2) is 29.1 Å². The van der Waals surface area contributed by atoms with E-state index in [0.717, 1.165) is 6.42 Å². The normalized spacial score (nSPS) is 10.6. The summed E-state index contributed by atoms with van der Waals surface area (Å²) in [6.45, 7) is 4.01. The molecule has 1 N–H and O–H groups in total. The Labute approximate surface area is 111 Å². The van der Waals surface area contributed by atoms with E-state index in [1.807, 2.05) is 19.1 Å². The minimum Gasteiger partial charge on any atom is -0.461 e. The van der Waals surface area contributed by atoms with Crippen LogP contribution >= 0.6 is 0 Å². The van der Waals surface area contributed by atoms with Crippen LogP contribution in [-0.4, -0.2) is 17.6 Å². The third-order valence-corrected chi connectivity index (χ3v) is 2.99. The molecule has 0 saturated heterocycles. The van der Waals surface area contributed by atoms with Crippen LogP contribution in [0, 0.1) is 0 Å². The van der Waals surface area contributed by atoms with Gasteiger partial charge in [0.1, 0.15) is 5.69 Å². The zero-order chi connectivity index (χ0) is 13.8. The third-order valence-electron chi connectivity index (χ3n) is 2.99. The van der Waals surface area contributed by atoms with Crippen LogP contribution in [-0.2, 0) is 11.2 Å². The molecule has 0 aliphatic heterocycles. The minimum absolute atomic E-state index is 0.0840. The number of ether oxygens (including phenoxy) is 1. The Kier molecular flexibility index (Phi) is 4.00. The van der Waals surface area contributed by atoms with Crippen molar-refractivity contribution < 1.29 is 9.53 Å². The van der Waals surface area contributed by atoms with Crippen LogP contribution in [0.3, 0.4) is 0 Å². The average molecular weight is 259 g/mol. The lowest BCUT2D eigenvalue weighted by atomic mass is 10.0. The number of H-pyrrole nitrogens is 1. The highest BCUT2D eigenvalue weighted by molar-refractivity contribution is 5.92. The molecule has 0 saturated carbocycles. The number of hydrogen-bond acceptors (Lipinski definition) is 3. The molecule has 0 radical (unpaired) electrons. The van der Waals surface area contributed by atoms with Gasteiger partial charge in [-0.1, -0.05) is 25.5 Å². The fraction of sp³-hybridized carbons (Fsp3) is 0.333. The summed E-state index contributed by atoms with van der Waals surface area (Å²) in [5.74, 6) is -0.464. The quantitative estimate of drug-likeness (QED) is 0.859. The average Bonchev–Trinajstić information content (AvgIpc) is 2.42. The van der Waals surface area contributed by atoms with E-state index in [0.29, 0.717) is 29.5 Å². The van der Waals surface area contributed by atoms with Gasteiger partial charge in [-0.3, -0.25) is 4.79 Å². The van der Waals surface area contributed by atoms with Crippen molar-refractivity contribution in [2.45, 2.75) is 26.7 Å². The van der Waals surface area contributed by atoms with Crippen molar-refractivity contribution in [3.05, 3.63) is 45.7 Å². The van der Waals surface area contributed by atoms with Gasteiger partial charge in [-0.25, -0.2) is 4.79 Å². The van der Waals surface area contributed by atoms with Gasteiger partial charge < -0.3 is 9.72 Å². The van der Waals surface area contributed by atoms with Crippen molar-refractivity contribution in [3.63, 3.8) is 0 Å². The summed E-state index contributed by atoms with van der Waals surface area (Å²) in [7, 11) is 0. The molecule has 0 bridgehead atoms. The highest BCUT2D eigenvalue weighted by Gasteiger charge is 2.17. The maximum Gasteiger partial charge on any atom is 0.355 e. The summed E-state index contributed by atoms with van der Waals surface area (Å²) in [5.41, 5.74) is 1.38. The maximum atomic E-state index is 12.4. The zero-order valence-corrected chi connectivity index (χ0v) is 11.2. The molecule has 1 aromatic heterocycles. The molecule has 1 heterocycles. The monoisotopic (exact) mass is 259 g/mol. The Hall–Kier alpha value is -2.10. The summed E-state index contributed by atoms with van der Waals surface area (Å²) < 4.78 is 5.01. The number of aromatic nitrogens is 1. The zero-order valence-electron chi connectivity index (χ0n) is 11.2. The molecule has 0 aliphatic rings. The predicted molar refractivity (Wildman–Crippen MR) is 74.5 cm³/mol. The van der Waals surface area contributed by atoms with E-state index in [4.69, 9.17) is 4.74 Å². The number of esters is 1. The molecule has 0 spiro atoms. The first-order chi connectivity index (χ1) is 9.19. The SMILES string of the molecule is CCCc1c(C(=O)OCC)[nH]c2ccccc2c1=O. The smallest absolute Gasteiger partial charge is 0.355 e. The summed E-state index contributed by atoms with van der Waals surface area (Å²) >= 11 is 0. The molecule has 19 heavy (non-hydrogen) atoms. The largest absolute Gasteiger partial charge is 0.461 e. The number of fused-ring (bicyclic) bond motifs is 1. The van der Waals surface area contributed by atoms with Gasteiger partial charge in [-0.05, 0) is 25.5 Å². The molecular weight excluding hydrogens is 242 g/mol. The van der Waals surface area contributed by atoms with Crippen molar-refractivity contribution in [3.8, 4) is 0 Å². The summed E-state index contributed by atoms with van der Waals surface area (Å²) in [4.78, 5) is 27.4. The topological polar surface area (TPSA) is 59.2 Å². The molecule has 4 heteroatoms. The van der Waals surface area contributed by atoms with Crippen LogP contribution < -0.4 is 5.43 Å². The van der Waals surface area contributed by atoms with E-state index in [2.05, 4.69) is 4.98 Å². The number of para-hydroxylation sites is 1. The Morgan fingerprint density at radius 3 is 2.68 bits per heavy atom. The molecule has 0 unspecified atom stereocenters. The van der Waals surface area contributed by atoms with Crippen LogP contribution in [0.2, 0.25) is 0 Å². The maximum absolute atomic E-state index is 12.4. The number of aromatic amines is 1. The van der Waals surface area contributed by atoms with Crippen LogP contribution in [0.5, 0.6) is 0 Å². The van der Waals surface area contributed by atoms with Gasteiger partial charge >= 0.3 is 5.97 Å². The van der Waals surface area contributed by atoms with E-state index in [-0.39, 0.29) is 11.1 Å². The minimum atomic E-state index is -0.464. The number of carbonyl (C=O) groups is 1. The standard InChI is InChI=1S/C15H17NO3/c1-3-7-11-13(15(18)19-4-2)16-12-9-6-5-8-10(12)14(11)17/h5-6,8-9H,3-4,7H2,1-2H3,(H,16,17). The highest BCUT2D eigenvalue weighted by atomic mass is 16.5. The summed E-state index contributed by atoms with van der Waals surface area (Å²) in [6, 6.07) is 7.20. The third kappa shape index (κ3) is 2.52. The van der Waals surface area contributed by atoms with Crippen LogP contribution in [0.25, 0.3) is 10.9 Å². The van der Waals surface area contributed by atoms with E-state index >= 15 is 0 Å². The Balaban J connectivity index is 2.70. The fourth-order valence-corrected chi connectivity index (χ4v) is 2.14. The van der Waals surface area contributed by atoms with Gasteiger partial charge in [-0.2, -0.15) is 0 Å². The van der Waals surface area contributed by atoms with Gasteiger partial charge in [-0.15, -0.1) is 0 Å². The first kappa shape index (κ1) is 13.3. The number of carbonyl (C=O) groups excluding carboxylic acids is 1. The first-order valence-corrected chi connectivity index (χ1v) is 6.50. The van der Waals surface area contributed by atoms with Gasteiger partial charge in [0.15, 0.2) is 5.43 Å². The van der Waals surface area contributed by atoms with Crippen LogP contribution in [0.4, 0.5) is 0 Å². The number of pyridine rings is 1. The second kappa shape index (κ2) is 5.69. The molecule has 100 valence electrons. The van der Waals surface area contributed by atoms with Crippen LogP contribution in [0.1, 0.15) is 36.3 Å². The predicted octanol–water partition coefficient (Wildman–Crippen LogP) is 2.66. The van der Waals surface area contributed by atoms with Crippen molar-refractivity contribution in [2.24, 2.45) is 0 Å². The fourth-order valence-electron chi connectivity index (χ4n) is 2.14. The Bertz CT molecular complexity index is 658. The molecule has 2 rings (SSSR count). The lowest BCUT2D eigenvalue weighted by Crippen LogP contribution is -2.20. The van der Waals surface area contributed by atoms with E-state index in [1.165, 1.54) is 0 Å². The molecule has 4 nitrogen and oxygen atoms in total. The lowest BCUT2D eigenvalue weighted by molar-refractivity contribution is 0.0518. The summed E-state index contributed by atoms with van der Waals surface area (Å²) in [5, 5.41) is 0.610. The summed E-state index contributed by atoms with van der Waals surface area (Å²) in [6.07, 6.45) is 1.36. The number of nitrogens with one attached hydrogen (secondary N) is 1. The van der Waals surface area contributed by atoms with Gasteiger partial charge in [0.05, 0.1) is 6.61 Å². The molecule has 0 fully saturated rings. The Morgan fingerprint density at radius 1 is 1.26 bits per heavy atom. The second-order valence-corrected chi connectivity index (χ2v) is 4.32. The van der Waals surface area contributed by atoms with Gasteiger partial charge in [0.25, 0.3) is 0 Å². The first-order valence-electron chi connectivity index (χ1n) is 6.50. The van der Waals surface area contributed by atoms with Crippen molar-refractivity contribution >= 4 is 16.9 Å².